The molecule has 1 N–H and O–H groups in total. The van der Waals surface area contributed by atoms with Gasteiger partial charge in [0, 0.05) is 15.1 Å². The molecule has 3 aromatic carbocycles. The second kappa shape index (κ2) is 8.87. The topological polar surface area (TPSA) is 79.7 Å². The van der Waals surface area contributed by atoms with Crippen molar-refractivity contribution >= 4 is 71.7 Å². The highest BCUT2D eigenvalue weighted by Crippen LogP contribution is 2.45. The van der Waals surface area contributed by atoms with E-state index in [-0.39, 0.29) is 11.3 Å². The van der Waals surface area contributed by atoms with E-state index in [2.05, 4.69) is 20.9 Å². The van der Waals surface area contributed by atoms with Crippen molar-refractivity contribution in [2.24, 2.45) is 0 Å². The van der Waals surface area contributed by atoms with Gasteiger partial charge in [-0.3, -0.25) is 14.5 Å². The molecule has 6 nitrogen and oxygen atoms in total. The Hall–Kier alpha value is -3.20. The molecule has 34 heavy (non-hydrogen) atoms. The molecule has 1 aliphatic heterocycles. The van der Waals surface area contributed by atoms with Crippen LogP contribution in [0.2, 0.25) is 5.02 Å². The smallest absolute Gasteiger partial charge is 0.301 e. The molecule has 0 aliphatic carbocycles. The van der Waals surface area contributed by atoms with Crippen molar-refractivity contribution in [3.8, 4) is 5.75 Å². The van der Waals surface area contributed by atoms with Gasteiger partial charge in [0.2, 0.25) is 0 Å². The first-order valence-electron chi connectivity index (χ1n) is 10.1. The molecule has 0 radical (unpaired) electrons. The van der Waals surface area contributed by atoms with Crippen LogP contribution in [-0.2, 0) is 9.59 Å². The molecule has 1 fully saturated rings. The molecular formula is C25H16BrClN2O4S. The summed E-state index contributed by atoms with van der Waals surface area (Å²) in [6, 6.07) is 18.3. The van der Waals surface area contributed by atoms with E-state index in [9.17, 15) is 14.7 Å². The summed E-state index contributed by atoms with van der Waals surface area (Å²) in [5.41, 5.74) is 1.70. The number of Topliss-reactive ketones (excluding diaryl/α,β-unsaturated/α-hetero) is 1. The summed E-state index contributed by atoms with van der Waals surface area (Å²) in [7, 11) is 1.58. The fourth-order valence-electron chi connectivity index (χ4n) is 3.91. The van der Waals surface area contributed by atoms with Crippen molar-refractivity contribution in [3.63, 3.8) is 0 Å². The number of halogens is 2. The predicted octanol–water partition coefficient (Wildman–Crippen LogP) is 6.35. The number of nitrogens with zero attached hydrogens (tertiary/aromatic N) is 2. The Morgan fingerprint density at radius 1 is 1.12 bits per heavy atom. The summed E-state index contributed by atoms with van der Waals surface area (Å²) in [6.45, 7) is 0. The summed E-state index contributed by atoms with van der Waals surface area (Å²) in [5, 5.41) is 12.0. The number of methoxy groups -OCH3 is 1. The Morgan fingerprint density at radius 3 is 2.59 bits per heavy atom. The molecule has 0 bridgehead atoms. The average molecular weight is 556 g/mol. The molecule has 9 heteroatoms. The highest BCUT2D eigenvalue weighted by molar-refractivity contribution is 9.10. The number of thiazole rings is 1. The number of hydrogen-bond donors (Lipinski definition) is 1. The normalized spacial score (nSPS) is 17.5. The van der Waals surface area contributed by atoms with E-state index in [4.69, 9.17) is 16.3 Å². The van der Waals surface area contributed by atoms with Gasteiger partial charge in [-0.25, -0.2) is 4.98 Å². The van der Waals surface area contributed by atoms with Crippen LogP contribution >= 0.6 is 38.9 Å². The SMILES string of the molecule is COc1ccc2nc(N3C(=O)C(=O)C(=C(O)c4ccc(Cl)cc4)C3c3cccc(Br)c3)sc2c1. The number of aromatic nitrogens is 1. The van der Waals surface area contributed by atoms with Crippen LogP contribution in [0.25, 0.3) is 16.0 Å². The summed E-state index contributed by atoms with van der Waals surface area (Å²) in [6.07, 6.45) is 0. The molecule has 4 aromatic rings. The van der Waals surface area contributed by atoms with Crippen LogP contribution in [0.3, 0.4) is 0 Å². The number of aliphatic hydroxyl groups excluding tert-OH is 1. The van der Waals surface area contributed by atoms with Crippen LogP contribution in [0.4, 0.5) is 5.13 Å². The molecule has 170 valence electrons. The van der Waals surface area contributed by atoms with Crippen LogP contribution < -0.4 is 9.64 Å². The Balaban J connectivity index is 1.72. The van der Waals surface area contributed by atoms with Gasteiger partial charge < -0.3 is 9.84 Å². The van der Waals surface area contributed by atoms with E-state index in [1.54, 1.807) is 49.6 Å². The number of hydrogen-bond acceptors (Lipinski definition) is 6. The van der Waals surface area contributed by atoms with Gasteiger partial charge >= 0.3 is 5.91 Å². The number of carbonyl (C=O) groups is 2. The summed E-state index contributed by atoms with van der Waals surface area (Å²) < 4.78 is 6.88. The number of fused-ring (bicyclic) bond motifs is 1. The number of ketones is 1. The Morgan fingerprint density at radius 2 is 1.88 bits per heavy atom. The minimum absolute atomic E-state index is 0.0118. The van der Waals surface area contributed by atoms with Gasteiger partial charge in [-0.05, 0) is 60.2 Å². The predicted molar refractivity (Wildman–Crippen MR) is 137 cm³/mol. The molecule has 1 unspecified atom stereocenters. The molecule has 1 aromatic heterocycles. The zero-order valence-corrected chi connectivity index (χ0v) is 20.8. The maximum atomic E-state index is 13.3. The van der Waals surface area contributed by atoms with E-state index in [1.165, 1.54) is 16.2 Å². The fraction of sp³-hybridized carbons (Fsp3) is 0.0800. The third-order valence-electron chi connectivity index (χ3n) is 5.52. The van der Waals surface area contributed by atoms with Crippen LogP contribution in [0.15, 0.2) is 76.8 Å². The van der Waals surface area contributed by atoms with Crippen molar-refractivity contribution < 1.29 is 19.4 Å². The highest BCUT2D eigenvalue weighted by Gasteiger charge is 2.48. The third-order valence-corrected chi connectivity index (χ3v) is 7.28. The van der Waals surface area contributed by atoms with Crippen LogP contribution in [-0.4, -0.2) is 28.9 Å². The Kier molecular flexibility index (Phi) is 5.89. The van der Waals surface area contributed by atoms with Crippen molar-refractivity contribution in [1.29, 1.82) is 0 Å². The number of aliphatic hydroxyl groups is 1. The number of rotatable bonds is 4. The molecule has 0 spiro atoms. The third kappa shape index (κ3) is 3.87. The van der Waals surface area contributed by atoms with Gasteiger partial charge in [0.25, 0.3) is 5.78 Å². The van der Waals surface area contributed by atoms with Gasteiger partial charge in [0.05, 0.1) is 28.9 Å². The lowest BCUT2D eigenvalue weighted by molar-refractivity contribution is -0.132. The number of carbonyl (C=O) groups excluding carboxylic acids is 2. The Labute approximate surface area is 212 Å². The second-order valence-corrected chi connectivity index (χ2v) is 9.92. The summed E-state index contributed by atoms with van der Waals surface area (Å²) in [5.74, 6) is -1.15. The summed E-state index contributed by atoms with van der Waals surface area (Å²) >= 11 is 10.7. The molecule has 1 atom stereocenters. The minimum Gasteiger partial charge on any atom is -0.507 e. The number of amides is 1. The lowest BCUT2D eigenvalue weighted by atomic mass is 9.95. The molecular weight excluding hydrogens is 540 g/mol. The van der Waals surface area contributed by atoms with Gasteiger partial charge in [0.15, 0.2) is 5.13 Å². The van der Waals surface area contributed by atoms with E-state index in [1.807, 2.05) is 24.3 Å². The lowest BCUT2D eigenvalue weighted by Gasteiger charge is -2.23. The first kappa shape index (κ1) is 22.6. The maximum absolute atomic E-state index is 13.3. The largest absolute Gasteiger partial charge is 0.507 e. The Bertz CT molecular complexity index is 1480. The van der Waals surface area contributed by atoms with Gasteiger partial charge in [-0.2, -0.15) is 0 Å². The lowest BCUT2D eigenvalue weighted by Crippen LogP contribution is -2.29. The van der Waals surface area contributed by atoms with E-state index in [0.717, 1.165) is 9.17 Å². The average Bonchev–Trinajstić information content (AvgIpc) is 3.36. The van der Waals surface area contributed by atoms with Crippen LogP contribution in [0, 0.1) is 0 Å². The van der Waals surface area contributed by atoms with E-state index >= 15 is 0 Å². The molecule has 1 aliphatic rings. The van der Waals surface area contributed by atoms with Crippen molar-refractivity contribution in [2.75, 3.05) is 12.0 Å². The van der Waals surface area contributed by atoms with E-state index in [0.29, 0.717) is 32.5 Å². The van der Waals surface area contributed by atoms with Crippen molar-refractivity contribution in [2.45, 2.75) is 6.04 Å². The maximum Gasteiger partial charge on any atom is 0.301 e. The van der Waals surface area contributed by atoms with Gasteiger partial charge in [-0.1, -0.05) is 51.0 Å². The zero-order valence-electron chi connectivity index (χ0n) is 17.7. The number of ether oxygens (including phenoxy) is 1. The molecule has 5 rings (SSSR count). The van der Waals surface area contributed by atoms with Crippen molar-refractivity contribution in [3.05, 3.63) is 92.9 Å². The van der Waals surface area contributed by atoms with Crippen molar-refractivity contribution in [1.82, 2.24) is 4.98 Å². The molecule has 0 saturated carbocycles. The van der Waals surface area contributed by atoms with Gasteiger partial charge in [-0.15, -0.1) is 0 Å². The zero-order chi connectivity index (χ0) is 24.0. The van der Waals surface area contributed by atoms with Crippen LogP contribution in [0.5, 0.6) is 5.75 Å². The first-order valence-corrected chi connectivity index (χ1v) is 12.1. The minimum atomic E-state index is -0.865. The highest BCUT2D eigenvalue weighted by atomic mass is 79.9. The quantitative estimate of drug-likeness (QED) is 0.180. The first-order chi connectivity index (χ1) is 16.4. The summed E-state index contributed by atoms with van der Waals surface area (Å²) in [4.78, 5) is 32.5. The van der Waals surface area contributed by atoms with Crippen LogP contribution in [0.1, 0.15) is 17.2 Å². The molecule has 1 saturated heterocycles. The molecule has 2 heterocycles. The second-order valence-electron chi connectivity index (χ2n) is 7.56. The standard InChI is InChI=1S/C25H16BrClN2O4S/c1-33-17-9-10-18-19(12-17)34-25(28-18)29-21(14-3-2-4-15(26)11-14)20(23(31)24(29)32)22(30)13-5-7-16(27)8-6-13/h2-12,21,30H,1H3. The molecule has 1 amide bonds. The van der Waals surface area contributed by atoms with Gasteiger partial charge in [0.1, 0.15) is 11.5 Å². The fourth-order valence-corrected chi connectivity index (χ4v) is 5.47. The number of anilines is 1. The number of benzene rings is 3. The monoisotopic (exact) mass is 554 g/mol. The van der Waals surface area contributed by atoms with E-state index < -0.39 is 17.7 Å².